The SMILES string of the molecule is CCC(C)(C)OCC(C)C(=O)OC. The zero-order valence-corrected chi connectivity index (χ0v) is 9.22. The van der Waals surface area contributed by atoms with Gasteiger partial charge in [0.15, 0.2) is 0 Å². The number of hydrogen-bond donors (Lipinski definition) is 0. The molecule has 0 aliphatic rings. The molecule has 0 aromatic carbocycles. The number of methoxy groups -OCH3 is 1. The van der Waals surface area contributed by atoms with Gasteiger partial charge in [0.25, 0.3) is 0 Å². The Morgan fingerprint density at radius 1 is 1.46 bits per heavy atom. The third-order valence-electron chi connectivity index (χ3n) is 2.18. The molecule has 0 N–H and O–H groups in total. The number of carbonyl (C=O) groups is 1. The summed E-state index contributed by atoms with van der Waals surface area (Å²) in [6.07, 6.45) is 0.931. The summed E-state index contributed by atoms with van der Waals surface area (Å²) in [5.74, 6) is -0.400. The maximum Gasteiger partial charge on any atom is 0.310 e. The summed E-state index contributed by atoms with van der Waals surface area (Å²) in [6, 6.07) is 0. The maximum atomic E-state index is 11.0. The lowest BCUT2D eigenvalue weighted by Gasteiger charge is -2.24. The second-order valence-electron chi connectivity index (χ2n) is 3.85. The first-order valence-electron chi connectivity index (χ1n) is 4.64. The van der Waals surface area contributed by atoms with E-state index in [2.05, 4.69) is 11.7 Å². The van der Waals surface area contributed by atoms with Crippen molar-refractivity contribution in [1.29, 1.82) is 0 Å². The predicted octanol–water partition coefficient (Wildman–Crippen LogP) is 2.00. The molecule has 0 aromatic rings. The third kappa shape index (κ3) is 4.88. The highest BCUT2D eigenvalue weighted by atomic mass is 16.5. The molecule has 3 heteroatoms. The first kappa shape index (κ1) is 12.4. The van der Waals surface area contributed by atoms with E-state index in [1.54, 1.807) is 6.92 Å². The number of rotatable bonds is 5. The summed E-state index contributed by atoms with van der Waals surface area (Å²) in [4.78, 5) is 11.0. The Labute approximate surface area is 80.4 Å². The lowest BCUT2D eigenvalue weighted by molar-refractivity contribution is -0.149. The highest BCUT2D eigenvalue weighted by Gasteiger charge is 2.20. The van der Waals surface area contributed by atoms with Crippen LogP contribution in [-0.2, 0) is 14.3 Å². The van der Waals surface area contributed by atoms with Crippen LogP contribution < -0.4 is 0 Å². The van der Waals surface area contributed by atoms with Crippen molar-refractivity contribution in [2.45, 2.75) is 39.7 Å². The minimum absolute atomic E-state index is 0.151. The van der Waals surface area contributed by atoms with E-state index in [9.17, 15) is 4.79 Å². The molecule has 0 spiro atoms. The molecule has 0 fully saturated rings. The van der Waals surface area contributed by atoms with Crippen molar-refractivity contribution in [2.24, 2.45) is 5.92 Å². The number of hydrogen-bond acceptors (Lipinski definition) is 3. The minimum atomic E-state index is -0.216. The lowest BCUT2D eigenvalue weighted by Crippen LogP contribution is -2.28. The van der Waals surface area contributed by atoms with Gasteiger partial charge < -0.3 is 9.47 Å². The van der Waals surface area contributed by atoms with Crippen LogP contribution in [0.3, 0.4) is 0 Å². The topological polar surface area (TPSA) is 35.5 Å². The zero-order chi connectivity index (χ0) is 10.5. The van der Waals surface area contributed by atoms with Gasteiger partial charge in [0.05, 0.1) is 25.2 Å². The van der Waals surface area contributed by atoms with Gasteiger partial charge in [-0.2, -0.15) is 0 Å². The van der Waals surface area contributed by atoms with Crippen LogP contribution in [-0.4, -0.2) is 25.3 Å². The van der Waals surface area contributed by atoms with E-state index >= 15 is 0 Å². The number of ether oxygens (including phenoxy) is 2. The van der Waals surface area contributed by atoms with Gasteiger partial charge in [-0.05, 0) is 27.2 Å². The second kappa shape index (κ2) is 5.22. The maximum absolute atomic E-state index is 11.0. The van der Waals surface area contributed by atoms with Gasteiger partial charge in [-0.15, -0.1) is 0 Å². The zero-order valence-electron chi connectivity index (χ0n) is 9.22. The molecule has 0 aliphatic carbocycles. The van der Waals surface area contributed by atoms with E-state index in [1.165, 1.54) is 7.11 Å². The minimum Gasteiger partial charge on any atom is -0.469 e. The van der Waals surface area contributed by atoms with Gasteiger partial charge in [-0.25, -0.2) is 0 Å². The molecular formula is C10H20O3. The van der Waals surface area contributed by atoms with Crippen LogP contribution in [0.1, 0.15) is 34.1 Å². The van der Waals surface area contributed by atoms with E-state index in [0.29, 0.717) is 6.61 Å². The van der Waals surface area contributed by atoms with Crippen LogP contribution in [0.15, 0.2) is 0 Å². The average molecular weight is 188 g/mol. The molecule has 1 unspecified atom stereocenters. The summed E-state index contributed by atoms with van der Waals surface area (Å²) >= 11 is 0. The highest BCUT2D eigenvalue weighted by molar-refractivity contribution is 5.71. The molecule has 0 rings (SSSR count). The van der Waals surface area contributed by atoms with Gasteiger partial charge >= 0.3 is 5.97 Å². The number of carbonyl (C=O) groups excluding carboxylic acids is 1. The molecule has 0 radical (unpaired) electrons. The van der Waals surface area contributed by atoms with E-state index in [-0.39, 0.29) is 17.5 Å². The Kier molecular flexibility index (Phi) is 4.99. The third-order valence-corrected chi connectivity index (χ3v) is 2.18. The molecule has 1 atom stereocenters. The summed E-state index contributed by atoms with van der Waals surface area (Å²) < 4.78 is 10.2. The molecule has 13 heavy (non-hydrogen) atoms. The highest BCUT2D eigenvalue weighted by Crippen LogP contribution is 2.15. The molecule has 0 heterocycles. The molecule has 0 saturated heterocycles. The molecule has 0 bridgehead atoms. The van der Waals surface area contributed by atoms with Crippen molar-refractivity contribution in [1.82, 2.24) is 0 Å². The Morgan fingerprint density at radius 2 is 2.00 bits per heavy atom. The van der Waals surface area contributed by atoms with Crippen LogP contribution >= 0.6 is 0 Å². The quantitative estimate of drug-likeness (QED) is 0.619. The Balaban J connectivity index is 3.82. The predicted molar refractivity (Wildman–Crippen MR) is 51.5 cm³/mol. The molecule has 0 saturated carbocycles. The fourth-order valence-electron chi connectivity index (χ4n) is 0.722. The van der Waals surface area contributed by atoms with E-state index < -0.39 is 0 Å². The monoisotopic (exact) mass is 188 g/mol. The Hall–Kier alpha value is -0.570. The van der Waals surface area contributed by atoms with Crippen LogP contribution in [0.4, 0.5) is 0 Å². The van der Waals surface area contributed by atoms with E-state index in [1.807, 2.05) is 13.8 Å². The lowest BCUT2D eigenvalue weighted by atomic mass is 10.1. The average Bonchev–Trinajstić information content (AvgIpc) is 2.13. The molecule has 0 amide bonds. The van der Waals surface area contributed by atoms with Crippen LogP contribution in [0, 0.1) is 5.92 Å². The first-order chi connectivity index (χ1) is 5.93. The standard InChI is InChI=1S/C10H20O3/c1-6-10(3,4)13-7-8(2)9(11)12-5/h8H,6-7H2,1-5H3. The molecule has 3 nitrogen and oxygen atoms in total. The van der Waals surface area contributed by atoms with Crippen molar-refractivity contribution >= 4 is 5.97 Å². The van der Waals surface area contributed by atoms with E-state index in [4.69, 9.17) is 4.74 Å². The summed E-state index contributed by atoms with van der Waals surface area (Å²) in [5, 5.41) is 0. The van der Waals surface area contributed by atoms with Crippen molar-refractivity contribution in [3.63, 3.8) is 0 Å². The van der Waals surface area contributed by atoms with Crippen LogP contribution in [0.5, 0.6) is 0 Å². The number of esters is 1. The fraction of sp³-hybridized carbons (Fsp3) is 0.900. The summed E-state index contributed by atoms with van der Waals surface area (Å²) in [6.45, 7) is 8.31. The van der Waals surface area contributed by atoms with Gasteiger partial charge in [-0.1, -0.05) is 6.92 Å². The van der Waals surface area contributed by atoms with Crippen LogP contribution in [0.25, 0.3) is 0 Å². The Bertz CT molecular complexity index is 164. The van der Waals surface area contributed by atoms with Crippen molar-refractivity contribution in [3.8, 4) is 0 Å². The van der Waals surface area contributed by atoms with Crippen LogP contribution in [0.2, 0.25) is 0 Å². The molecule has 0 aromatic heterocycles. The van der Waals surface area contributed by atoms with E-state index in [0.717, 1.165) is 6.42 Å². The smallest absolute Gasteiger partial charge is 0.310 e. The van der Waals surface area contributed by atoms with Crippen molar-refractivity contribution in [3.05, 3.63) is 0 Å². The van der Waals surface area contributed by atoms with Gasteiger partial charge in [0.1, 0.15) is 0 Å². The molecule has 0 aliphatic heterocycles. The second-order valence-corrected chi connectivity index (χ2v) is 3.85. The molecule has 78 valence electrons. The summed E-state index contributed by atoms with van der Waals surface area (Å²) in [5.41, 5.74) is -0.151. The van der Waals surface area contributed by atoms with Gasteiger partial charge in [-0.3, -0.25) is 4.79 Å². The van der Waals surface area contributed by atoms with Crippen molar-refractivity contribution < 1.29 is 14.3 Å². The fourth-order valence-corrected chi connectivity index (χ4v) is 0.722. The normalized spacial score (nSPS) is 13.9. The summed E-state index contributed by atoms with van der Waals surface area (Å²) in [7, 11) is 1.39. The van der Waals surface area contributed by atoms with Crippen molar-refractivity contribution in [2.75, 3.05) is 13.7 Å². The largest absolute Gasteiger partial charge is 0.469 e. The molecular weight excluding hydrogens is 168 g/mol. The van der Waals surface area contributed by atoms with Gasteiger partial charge in [0.2, 0.25) is 0 Å². The Morgan fingerprint density at radius 3 is 2.38 bits per heavy atom. The van der Waals surface area contributed by atoms with Gasteiger partial charge in [0, 0.05) is 0 Å². The first-order valence-corrected chi connectivity index (χ1v) is 4.64.